The molecule has 0 radical (unpaired) electrons. The Morgan fingerprint density at radius 3 is 2.66 bits per heavy atom. The Bertz CT molecular complexity index is 1220. The van der Waals surface area contributed by atoms with Gasteiger partial charge in [0, 0.05) is 5.56 Å². The molecule has 1 amide bonds. The number of hydrogen-bond donors (Lipinski definition) is 1. The van der Waals surface area contributed by atoms with Gasteiger partial charge in [0.05, 0.1) is 16.5 Å². The summed E-state index contributed by atoms with van der Waals surface area (Å²) in [5, 5.41) is 11.5. The van der Waals surface area contributed by atoms with E-state index >= 15 is 0 Å². The SMILES string of the molecule is CCCCOc1ccc(-c2nonc2NC(=O)c2nc(C)sc2-c2ccccc2)cc1C. The van der Waals surface area contributed by atoms with E-state index in [0.717, 1.165) is 45.2 Å². The molecule has 0 aliphatic heterocycles. The van der Waals surface area contributed by atoms with Crippen molar-refractivity contribution in [1.82, 2.24) is 15.3 Å². The lowest BCUT2D eigenvalue weighted by molar-refractivity contribution is 0.102. The fourth-order valence-electron chi connectivity index (χ4n) is 3.28. The van der Waals surface area contributed by atoms with Gasteiger partial charge in [-0.3, -0.25) is 4.79 Å². The highest BCUT2D eigenvalue weighted by molar-refractivity contribution is 7.15. The number of carbonyl (C=O) groups excluding carboxylic acids is 1. The van der Waals surface area contributed by atoms with Crippen LogP contribution in [0.3, 0.4) is 0 Å². The fourth-order valence-corrected chi connectivity index (χ4v) is 4.20. The Morgan fingerprint density at radius 1 is 1.09 bits per heavy atom. The largest absolute Gasteiger partial charge is 0.493 e. The highest BCUT2D eigenvalue weighted by Gasteiger charge is 2.22. The molecule has 4 rings (SSSR count). The Morgan fingerprint density at radius 2 is 1.91 bits per heavy atom. The Kier molecular flexibility index (Phi) is 6.61. The van der Waals surface area contributed by atoms with Crippen molar-refractivity contribution in [2.75, 3.05) is 11.9 Å². The van der Waals surface area contributed by atoms with Gasteiger partial charge in [-0.05, 0) is 59.9 Å². The van der Waals surface area contributed by atoms with Crippen molar-refractivity contribution in [3.8, 4) is 27.4 Å². The van der Waals surface area contributed by atoms with Crippen LogP contribution in [0.4, 0.5) is 5.82 Å². The number of nitrogens with zero attached hydrogens (tertiary/aromatic N) is 3. The summed E-state index contributed by atoms with van der Waals surface area (Å²) < 4.78 is 10.8. The number of ether oxygens (including phenoxy) is 1. The first-order chi connectivity index (χ1) is 15.6. The van der Waals surface area contributed by atoms with Crippen LogP contribution in [0.1, 0.15) is 40.8 Å². The number of amides is 1. The van der Waals surface area contributed by atoms with Crippen LogP contribution in [-0.4, -0.2) is 27.8 Å². The number of thiazole rings is 1. The molecule has 0 unspecified atom stereocenters. The Hall–Kier alpha value is -3.52. The molecule has 0 bridgehead atoms. The molecular weight excluding hydrogens is 424 g/mol. The number of unbranched alkanes of at least 4 members (excludes halogenated alkanes) is 1. The molecule has 0 fully saturated rings. The number of hydrogen-bond acceptors (Lipinski definition) is 7. The first-order valence-electron chi connectivity index (χ1n) is 10.5. The summed E-state index contributed by atoms with van der Waals surface area (Å²) in [5.74, 6) is 0.717. The summed E-state index contributed by atoms with van der Waals surface area (Å²) in [5.41, 5.74) is 3.49. The van der Waals surface area contributed by atoms with Crippen molar-refractivity contribution in [2.24, 2.45) is 0 Å². The molecule has 0 spiro atoms. The van der Waals surface area contributed by atoms with Gasteiger partial charge >= 0.3 is 0 Å². The van der Waals surface area contributed by atoms with E-state index in [-0.39, 0.29) is 11.7 Å². The third-order valence-electron chi connectivity index (χ3n) is 4.91. The lowest BCUT2D eigenvalue weighted by Gasteiger charge is -2.10. The molecule has 0 saturated heterocycles. The molecule has 2 heterocycles. The van der Waals surface area contributed by atoms with Crippen molar-refractivity contribution < 1.29 is 14.2 Å². The van der Waals surface area contributed by atoms with Crippen molar-refractivity contribution in [3.05, 3.63) is 64.8 Å². The van der Waals surface area contributed by atoms with Crippen molar-refractivity contribution in [2.45, 2.75) is 33.6 Å². The summed E-state index contributed by atoms with van der Waals surface area (Å²) in [7, 11) is 0. The van der Waals surface area contributed by atoms with Crippen LogP contribution in [0.5, 0.6) is 5.75 Å². The second-order valence-electron chi connectivity index (χ2n) is 7.37. The average Bonchev–Trinajstić information content (AvgIpc) is 3.42. The van der Waals surface area contributed by atoms with E-state index in [2.05, 4.69) is 27.5 Å². The lowest BCUT2D eigenvalue weighted by Crippen LogP contribution is -2.14. The topological polar surface area (TPSA) is 90.1 Å². The maximum Gasteiger partial charge on any atom is 0.277 e. The number of aromatic nitrogens is 3. The molecule has 0 aliphatic carbocycles. The predicted molar refractivity (Wildman–Crippen MR) is 125 cm³/mol. The fraction of sp³-hybridized carbons (Fsp3) is 0.250. The number of aryl methyl sites for hydroxylation is 2. The number of benzene rings is 2. The summed E-state index contributed by atoms with van der Waals surface area (Å²) in [6.07, 6.45) is 2.08. The normalized spacial score (nSPS) is 10.8. The van der Waals surface area contributed by atoms with Crippen molar-refractivity contribution in [3.63, 3.8) is 0 Å². The summed E-state index contributed by atoms with van der Waals surface area (Å²) in [4.78, 5) is 18.3. The van der Waals surface area contributed by atoms with E-state index in [0.29, 0.717) is 18.0 Å². The van der Waals surface area contributed by atoms with E-state index in [9.17, 15) is 4.79 Å². The molecule has 0 saturated carbocycles. The summed E-state index contributed by atoms with van der Waals surface area (Å²) in [6, 6.07) is 15.4. The van der Waals surface area contributed by atoms with Gasteiger partial charge in [0.1, 0.15) is 11.4 Å². The Labute approximate surface area is 190 Å². The molecule has 32 heavy (non-hydrogen) atoms. The van der Waals surface area contributed by atoms with Crippen LogP contribution in [0.15, 0.2) is 53.2 Å². The van der Waals surface area contributed by atoms with E-state index in [1.54, 1.807) is 0 Å². The standard InChI is InChI=1S/C24H24N4O3S/c1-4-5-13-30-19-12-11-18(14-15(19)2)20-23(28-31-27-20)26-24(29)21-22(32-16(3)25-21)17-9-7-6-8-10-17/h6-12,14H,4-5,13H2,1-3H3,(H,26,28,29). The van der Waals surface area contributed by atoms with E-state index in [1.165, 1.54) is 11.3 Å². The average molecular weight is 449 g/mol. The maximum absolute atomic E-state index is 13.1. The molecule has 2 aromatic heterocycles. The Balaban J connectivity index is 1.57. The molecular formula is C24H24N4O3S. The first-order valence-corrected chi connectivity index (χ1v) is 11.3. The number of anilines is 1. The zero-order valence-electron chi connectivity index (χ0n) is 18.2. The van der Waals surface area contributed by atoms with Gasteiger partial charge in [-0.15, -0.1) is 11.3 Å². The predicted octanol–water partition coefficient (Wildman–Crippen LogP) is 5.91. The molecule has 2 aromatic carbocycles. The zero-order valence-corrected chi connectivity index (χ0v) is 19.0. The van der Waals surface area contributed by atoms with Gasteiger partial charge in [-0.1, -0.05) is 43.7 Å². The summed E-state index contributed by atoms with van der Waals surface area (Å²) >= 11 is 1.48. The first kappa shape index (κ1) is 21.7. The van der Waals surface area contributed by atoms with Crippen LogP contribution in [0.2, 0.25) is 0 Å². The van der Waals surface area contributed by atoms with Crippen LogP contribution in [0.25, 0.3) is 21.7 Å². The molecule has 0 aliphatic rings. The molecule has 8 heteroatoms. The van der Waals surface area contributed by atoms with Crippen molar-refractivity contribution >= 4 is 23.1 Å². The third-order valence-corrected chi connectivity index (χ3v) is 5.93. The second kappa shape index (κ2) is 9.74. The molecule has 1 N–H and O–H groups in total. The van der Waals surface area contributed by atoms with Crippen LogP contribution < -0.4 is 10.1 Å². The van der Waals surface area contributed by atoms with Crippen LogP contribution >= 0.6 is 11.3 Å². The van der Waals surface area contributed by atoms with Gasteiger partial charge in [0.25, 0.3) is 5.91 Å². The quantitative estimate of drug-likeness (QED) is 0.337. The highest BCUT2D eigenvalue weighted by atomic mass is 32.1. The minimum Gasteiger partial charge on any atom is -0.493 e. The van der Waals surface area contributed by atoms with Gasteiger partial charge in [0.15, 0.2) is 5.69 Å². The smallest absolute Gasteiger partial charge is 0.277 e. The summed E-state index contributed by atoms with van der Waals surface area (Å²) in [6.45, 7) is 6.66. The molecule has 164 valence electrons. The van der Waals surface area contributed by atoms with Gasteiger partial charge < -0.3 is 10.1 Å². The monoisotopic (exact) mass is 448 g/mol. The number of rotatable bonds is 8. The van der Waals surface area contributed by atoms with Gasteiger partial charge in [0.2, 0.25) is 5.82 Å². The number of nitrogens with one attached hydrogen (secondary N) is 1. The third kappa shape index (κ3) is 4.70. The van der Waals surface area contributed by atoms with Crippen LogP contribution in [0, 0.1) is 13.8 Å². The maximum atomic E-state index is 13.1. The van der Waals surface area contributed by atoms with Crippen molar-refractivity contribution in [1.29, 1.82) is 0 Å². The number of carbonyl (C=O) groups is 1. The highest BCUT2D eigenvalue weighted by Crippen LogP contribution is 2.32. The van der Waals surface area contributed by atoms with Gasteiger partial charge in [-0.25, -0.2) is 9.61 Å². The lowest BCUT2D eigenvalue weighted by atomic mass is 10.1. The van der Waals surface area contributed by atoms with E-state index < -0.39 is 0 Å². The molecule has 4 aromatic rings. The molecule has 7 nitrogen and oxygen atoms in total. The minimum absolute atomic E-state index is 0.249. The molecule has 0 atom stereocenters. The second-order valence-corrected chi connectivity index (χ2v) is 8.58. The van der Waals surface area contributed by atoms with Crippen LogP contribution in [-0.2, 0) is 0 Å². The van der Waals surface area contributed by atoms with Gasteiger partial charge in [-0.2, -0.15) is 0 Å². The minimum atomic E-state index is -0.360. The zero-order chi connectivity index (χ0) is 22.5. The van der Waals surface area contributed by atoms with E-state index in [4.69, 9.17) is 9.37 Å². The van der Waals surface area contributed by atoms with E-state index in [1.807, 2.05) is 62.4 Å².